The lowest BCUT2D eigenvalue weighted by atomic mass is 10.00. The summed E-state index contributed by atoms with van der Waals surface area (Å²) in [4.78, 5) is 0. The van der Waals surface area contributed by atoms with Crippen LogP contribution < -0.4 is 0 Å². The van der Waals surface area contributed by atoms with Crippen LogP contribution in [0.1, 0.15) is 26.2 Å². The summed E-state index contributed by atoms with van der Waals surface area (Å²) < 4.78 is 97.9. The van der Waals surface area contributed by atoms with Gasteiger partial charge in [-0.15, -0.1) is 0 Å². The molecule has 0 bridgehead atoms. The molecule has 0 N–H and O–H groups in total. The first-order valence-corrected chi connectivity index (χ1v) is 4.32. The molecule has 0 nitrogen and oxygen atoms in total. The van der Waals surface area contributed by atoms with Gasteiger partial charge in [-0.05, 0) is 6.42 Å². The number of hydrogen-bond donors (Lipinski definition) is 0. The van der Waals surface area contributed by atoms with Gasteiger partial charge in [-0.1, -0.05) is 13.3 Å². The van der Waals surface area contributed by atoms with Crippen LogP contribution in [0.5, 0.6) is 0 Å². The molecule has 0 aromatic rings. The van der Waals surface area contributed by atoms with Crippen molar-refractivity contribution in [1.29, 1.82) is 0 Å². The van der Waals surface area contributed by atoms with Gasteiger partial charge >= 0.3 is 24.2 Å². The molecule has 0 spiro atoms. The molecule has 0 unspecified atom stereocenters. The predicted molar refractivity (Wildman–Crippen MR) is 39.8 cm³/mol. The molecule has 16 heavy (non-hydrogen) atoms. The number of halogens is 8. The lowest BCUT2D eigenvalue weighted by molar-refractivity contribution is -0.319. The smallest absolute Gasteiger partial charge is 0.200 e. The Morgan fingerprint density at radius 1 is 0.938 bits per heavy atom. The van der Waals surface area contributed by atoms with E-state index in [1.54, 1.807) is 0 Å². The van der Waals surface area contributed by atoms with Crippen LogP contribution in [0.4, 0.5) is 35.1 Å². The molecule has 0 saturated carbocycles. The molecule has 0 saturated heterocycles. The standard InChI is InChI=1S/C8H9F8/c1-2-3-4-6(11,12)8(15,16)7(13,14)5(9)10/h2-4H2,1H3. The summed E-state index contributed by atoms with van der Waals surface area (Å²) in [5, 5.41) is 0. The Kier molecular flexibility index (Phi) is 4.58. The largest absolute Gasteiger partial charge is 0.384 e. The Labute approximate surface area is 86.6 Å². The first-order valence-electron chi connectivity index (χ1n) is 4.32. The maximum absolute atomic E-state index is 12.7. The second-order valence-electron chi connectivity index (χ2n) is 3.22. The first-order chi connectivity index (χ1) is 7.00. The van der Waals surface area contributed by atoms with Crippen LogP contribution in [-0.4, -0.2) is 17.8 Å². The van der Waals surface area contributed by atoms with E-state index in [9.17, 15) is 35.1 Å². The summed E-state index contributed by atoms with van der Waals surface area (Å²) in [5.41, 5.74) is 0. The van der Waals surface area contributed by atoms with E-state index in [4.69, 9.17) is 0 Å². The van der Waals surface area contributed by atoms with Gasteiger partial charge in [0.15, 0.2) is 0 Å². The Morgan fingerprint density at radius 2 is 1.38 bits per heavy atom. The third kappa shape index (κ3) is 2.57. The average molecular weight is 257 g/mol. The second-order valence-corrected chi connectivity index (χ2v) is 3.22. The molecule has 97 valence electrons. The van der Waals surface area contributed by atoms with E-state index in [-0.39, 0.29) is 6.42 Å². The number of rotatable bonds is 6. The zero-order valence-electron chi connectivity index (χ0n) is 8.15. The van der Waals surface area contributed by atoms with Crippen molar-refractivity contribution < 1.29 is 35.1 Å². The second kappa shape index (κ2) is 4.75. The monoisotopic (exact) mass is 257 g/mol. The summed E-state index contributed by atoms with van der Waals surface area (Å²) in [6, 6.07) is 0. The third-order valence-electron chi connectivity index (χ3n) is 1.94. The Bertz CT molecular complexity index is 222. The number of hydrogen-bond acceptors (Lipinski definition) is 0. The summed E-state index contributed by atoms with van der Waals surface area (Å²) in [6.07, 6.45) is -6.00. The van der Waals surface area contributed by atoms with E-state index in [1.165, 1.54) is 6.92 Å². The highest BCUT2D eigenvalue weighted by Crippen LogP contribution is 2.52. The normalized spacial score (nSPS) is 14.6. The summed E-state index contributed by atoms with van der Waals surface area (Å²) >= 11 is 0. The van der Waals surface area contributed by atoms with Crippen LogP contribution in [0, 0.1) is 6.43 Å². The highest BCUT2D eigenvalue weighted by atomic mass is 19.4. The molecular formula is C8H9F8. The zero-order valence-corrected chi connectivity index (χ0v) is 8.15. The Balaban J connectivity index is 5.01. The zero-order chi connectivity index (χ0) is 13.2. The molecule has 0 aromatic heterocycles. The number of unbranched alkanes of at least 4 members (excludes halogenated alkanes) is 1. The summed E-state index contributed by atoms with van der Waals surface area (Å²) in [6.45, 7) is 1.37. The quantitative estimate of drug-likeness (QED) is 0.614. The average Bonchev–Trinajstić information content (AvgIpc) is 2.13. The maximum Gasteiger partial charge on any atom is 0.384 e. The van der Waals surface area contributed by atoms with Crippen LogP contribution in [0.15, 0.2) is 0 Å². The van der Waals surface area contributed by atoms with Gasteiger partial charge in [0.05, 0.1) is 0 Å². The third-order valence-corrected chi connectivity index (χ3v) is 1.94. The highest BCUT2D eigenvalue weighted by molar-refractivity contribution is 5.03. The molecule has 8 heteroatoms. The molecule has 0 rings (SSSR count). The fraction of sp³-hybridized carbons (Fsp3) is 0.875. The molecule has 0 amide bonds. The van der Waals surface area contributed by atoms with Crippen LogP contribution in [0.25, 0.3) is 0 Å². The van der Waals surface area contributed by atoms with Crippen molar-refractivity contribution in [2.24, 2.45) is 0 Å². The van der Waals surface area contributed by atoms with E-state index >= 15 is 0 Å². The molecular weight excluding hydrogens is 248 g/mol. The molecule has 1 radical (unpaired) electrons. The van der Waals surface area contributed by atoms with Crippen molar-refractivity contribution in [3.8, 4) is 0 Å². The van der Waals surface area contributed by atoms with E-state index < -0.39 is 37.0 Å². The molecule has 0 heterocycles. The Hall–Kier alpha value is -0.560. The summed E-state index contributed by atoms with van der Waals surface area (Å²) in [5.74, 6) is -17.4. The minimum atomic E-state index is -6.12. The molecule has 0 aliphatic carbocycles. The van der Waals surface area contributed by atoms with Crippen molar-refractivity contribution in [3.05, 3.63) is 6.43 Å². The van der Waals surface area contributed by atoms with Gasteiger partial charge in [-0.3, -0.25) is 0 Å². The predicted octanol–water partition coefficient (Wildman–Crippen LogP) is 4.51. The first kappa shape index (κ1) is 15.4. The highest BCUT2D eigenvalue weighted by Gasteiger charge is 2.75. The van der Waals surface area contributed by atoms with Crippen molar-refractivity contribution >= 4 is 0 Å². The van der Waals surface area contributed by atoms with Crippen LogP contribution >= 0.6 is 0 Å². The van der Waals surface area contributed by atoms with E-state index in [0.29, 0.717) is 0 Å². The summed E-state index contributed by atoms with van der Waals surface area (Å²) in [7, 11) is 0. The SMILES string of the molecule is CCCCC(F)(F)C(F)(F)C(F)(F)[C](F)F. The van der Waals surface area contributed by atoms with Gasteiger partial charge in [0.2, 0.25) is 0 Å². The van der Waals surface area contributed by atoms with Gasteiger partial charge in [0, 0.05) is 6.42 Å². The van der Waals surface area contributed by atoms with Gasteiger partial charge in [-0.2, -0.15) is 35.1 Å². The van der Waals surface area contributed by atoms with Crippen molar-refractivity contribution in [2.45, 2.75) is 44.0 Å². The van der Waals surface area contributed by atoms with E-state index in [1.807, 2.05) is 0 Å². The minimum absolute atomic E-state index is 0.0546. The molecule has 0 atom stereocenters. The topological polar surface area (TPSA) is 0 Å². The fourth-order valence-corrected chi connectivity index (χ4v) is 0.904. The molecule has 0 fully saturated rings. The van der Waals surface area contributed by atoms with Crippen LogP contribution in [0.3, 0.4) is 0 Å². The number of alkyl halides is 6. The molecule has 0 aromatic carbocycles. The van der Waals surface area contributed by atoms with Crippen molar-refractivity contribution in [2.75, 3.05) is 0 Å². The van der Waals surface area contributed by atoms with E-state index in [0.717, 1.165) is 0 Å². The van der Waals surface area contributed by atoms with E-state index in [2.05, 4.69) is 0 Å². The van der Waals surface area contributed by atoms with Crippen molar-refractivity contribution in [3.63, 3.8) is 0 Å². The van der Waals surface area contributed by atoms with Gasteiger partial charge < -0.3 is 0 Å². The maximum atomic E-state index is 12.7. The van der Waals surface area contributed by atoms with Crippen LogP contribution in [0.2, 0.25) is 0 Å². The van der Waals surface area contributed by atoms with Gasteiger partial charge in [0.25, 0.3) is 0 Å². The Morgan fingerprint density at radius 3 is 1.69 bits per heavy atom. The molecule has 0 aliphatic rings. The lowest BCUT2D eigenvalue weighted by Crippen LogP contribution is -2.55. The van der Waals surface area contributed by atoms with Crippen LogP contribution in [-0.2, 0) is 0 Å². The lowest BCUT2D eigenvalue weighted by Gasteiger charge is -2.31. The molecule has 0 aliphatic heterocycles. The minimum Gasteiger partial charge on any atom is -0.200 e. The van der Waals surface area contributed by atoms with Gasteiger partial charge in [0.1, 0.15) is 0 Å². The fourth-order valence-electron chi connectivity index (χ4n) is 0.904. The van der Waals surface area contributed by atoms with Gasteiger partial charge in [-0.25, -0.2) is 0 Å². The van der Waals surface area contributed by atoms with Crippen molar-refractivity contribution in [1.82, 2.24) is 0 Å².